The summed E-state index contributed by atoms with van der Waals surface area (Å²) in [5, 5.41) is 7.70. The molecule has 12 aromatic rings. The van der Waals surface area contributed by atoms with Gasteiger partial charge in [0, 0.05) is 85.1 Å². The zero-order valence-corrected chi connectivity index (χ0v) is 34.1. The number of fused-ring (bicyclic) bond motifs is 9. The number of hydrogen-bond donors (Lipinski definition) is 0. The van der Waals surface area contributed by atoms with Gasteiger partial charge in [0.05, 0.1) is 0 Å². The zero-order valence-electron chi connectivity index (χ0n) is 34.1. The Morgan fingerprint density at radius 2 is 0.639 bits per heavy atom. The van der Waals surface area contributed by atoms with E-state index in [4.69, 9.17) is 0 Å². The maximum absolute atomic E-state index is 2.47. The molecule has 0 amide bonds. The maximum Gasteiger partial charge on any atom is 0.0494 e. The summed E-state index contributed by atoms with van der Waals surface area (Å²) in [6.07, 6.45) is 0. The number of nitrogens with zero attached hydrogens (tertiary/aromatic N) is 3. The van der Waals surface area contributed by atoms with Crippen molar-refractivity contribution in [3.8, 4) is 33.4 Å². The molecule has 290 valence electrons. The molecule has 3 heteroatoms. The Morgan fingerprint density at radius 3 is 1.15 bits per heavy atom. The summed E-state index contributed by atoms with van der Waals surface area (Å²) in [5.74, 6) is 0. The van der Waals surface area contributed by atoms with Crippen molar-refractivity contribution in [1.29, 1.82) is 0 Å². The summed E-state index contributed by atoms with van der Waals surface area (Å²) >= 11 is 0. The van der Waals surface area contributed by atoms with Gasteiger partial charge in [-0.25, -0.2) is 0 Å². The van der Waals surface area contributed by atoms with E-state index in [1.54, 1.807) is 0 Å². The van der Waals surface area contributed by atoms with Crippen molar-refractivity contribution in [1.82, 2.24) is 13.7 Å². The molecule has 0 atom stereocenters. The molecular weight excluding hydrogens is 739 g/mol. The van der Waals surface area contributed by atoms with E-state index in [1.807, 2.05) is 0 Å². The molecule has 0 aliphatic heterocycles. The average Bonchev–Trinajstić information content (AvgIpc) is 3.94. The van der Waals surface area contributed by atoms with Crippen LogP contribution in [0.25, 0.3) is 98.8 Å². The Labute approximate surface area is 355 Å². The van der Waals surface area contributed by atoms with Crippen LogP contribution in [0.15, 0.2) is 206 Å². The van der Waals surface area contributed by atoms with E-state index in [2.05, 4.69) is 227 Å². The third-order valence-corrected chi connectivity index (χ3v) is 13.0. The number of hydrogen-bond acceptors (Lipinski definition) is 0. The Bertz CT molecular complexity index is 3620. The summed E-state index contributed by atoms with van der Waals surface area (Å²) in [6.45, 7) is 4.81. The van der Waals surface area contributed by atoms with Crippen LogP contribution < -0.4 is 0 Å². The van der Waals surface area contributed by atoms with Crippen molar-refractivity contribution < 1.29 is 0 Å². The van der Waals surface area contributed by atoms with E-state index >= 15 is 0 Å². The van der Waals surface area contributed by atoms with Crippen LogP contribution in [-0.4, -0.2) is 13.7 Å². The summed E-state index contributed by atoms with van der Waals surface area (Å²) in [7, 11) is 0. The molecule has 0 fully saturated rings. The molecule has 3 heterocycles. The van der Waals surface area contributed by atoms with Gasteiger partial charge in [-0.1, -0.05) is 146 Å². The van der Waals surface area contributed by atoms with Crippen LogP contribution >= 0.6 is 0 Å². The molecule has 0 bridgehead atoms. The first-order valence-corrected chi connectivity index (χ1v) is 21.5. The highest BCUT2D eigenvalue weighted by molar-refractivity contribution is 6.12. The largest absolute Gasteiger partial charge is 0.341 e. The summed E-state index contributed by atoms with van der Waals surface area (Å²) in [4.78, 5) is 0. The van der Waals surface area contributed by atoms with Crippen LogP contribution in [0.2, 0.25) is 0 Å². The van der Waals surface area contributed by atoms with Gasteiger partial charge in [-0.05, 0) is 112 Å². The highest BCUT2D eigenvalue weighted by Gasteiger charge is 2.18. The fourth-order valence-corrected chi connectivity index (χ4v) is 10.1. The molecule has 0 aliphatic rings. The lowest BCUT2D eigenvalue weighted by Crippen LogP contribution is -1.99. The number of aryl methyl sites for hydroxylation is 1. The molecule has 3 nitrogen and oxygen atoms in total. The molecule has 0 saturated carbocycles. The molecule has 61 heavy (non-hydrogen) atoms. The second-order valence-electron chi connectivity index (χ2n) is 16.4. The molecule has 0 aliphatic carbocycles. The Kier molecular flexibility index (Phi) is 8.28. The van der Waals surface area contributed by atoms with Gasteiger partial charge in [-0.2, -0.15) is 0 Å². The lowest BCUT2D eigenvalue weighted by molar-refractivity contribution is 0.827. The van der Waals surface area contributed by atoms with E-state index in [9.17, 15) is 0 Å². The van der Waals surface area contributed by atoms with Crippen molar-refractivity contribution in [3.05, 3.63) is 217 Å². The highest BCUT2D eigenvalue weighted by Crippen LogP contribution is 2.42. The zero-order chi connectivity index (χ0) is 40.4. The monoisotopic (exact) mass is 781 g/mol. The van der Waals surface area contributed by atoms with Gasteiger partial charge in [0.2, 0.25) is 0 Å². The Balaban J connectivity index is 1.06. The standard InChI is InChI=1S/C58H43N3/c1-2-59-53-22-12-9-19-46(53)51-35-43(27-31-56(51)59)45-29-25-41(42-26-30-57-50(34-42)47-20-10-13-23-54(47)60(57)37-39-15-5-3-6-16-39)33-49(45)44-28-32-58-52(36-44)48-21-11-14-24-55(48)61(58)38-40-17-7-4-8-18-40/h3-36H,2,37-38H2,1H3. The van der Waals surface area contributed by atoms with E-state index < -0.39 is 0 Å². The Morgan fingerprint density at radius 1 is 0.279 bits per heavy atom. The number of benzene rings is 9. The molecule has 0 unspecified atom stereocenters. The van der Waals surface area contributed by atoms with Gasteiger partial charge in [-0.3, -0.25) is 0 Å². The highest BCUT2D eigenvalue weighted by atomic mass is 15.0. The molecule has 9 aromatic carbocycles. The number of rotatable bonds is 8. The van der Waals surface area contributed by atoms with Crippen LogP contribution in [0.3, 0.4) is 0 Å². The van der Waals surface area contributed by atoms with E-state index in [0.29, 0.717) is 0 Å². The molecule has 0 radical (unpaired) electrons. The third kappa shape index (κ3) is 5.80. The van der Waals surface area contributed by atoms with Crippen molar-refractivity contribution in [2.24, 2.45) is 0 Å². The van der Waals surface area contributed by atoms with Gasteiger partial charge < -0.3 is 13.7 Å². The topological polar surface area (TPSA) is 14.8 Å². The molecular formula is C58H43N3. The van der Waals surface area contributed by atoms with Crippen molar-refractivity contribution >= 4 is 65.4 Å². The Hall–Kier alpha value is -7.62. The summed E-state index contributed by atoms with van der Waals surface area (Å²) in [6, 6.07) is 76.5. The smallest absolute Gasteiger partial charge is 0.0494 e. The van der Waals surface area contributed by atoms with Crippen molar-refractivity contribution in [3.63, 3.8) is 0 Å². The quantitative estimate of drug-likeness (QED) is 0.146. The first kappa shape index (κ1) is 35.3. The van der Waals surface area contributed by atoms with Crippen LogP contribution in [0.4, 0.5) is 0 Å². The van der Waals surface area contributed by atoms with E-state index in [-0.39, 0.29) is 0 Å². The fraction of sp³-hybridized carbons (Fsp3) is 0.0690. The van der Waals surface area contributed by atoms with Gasteiger partial charge in [0.1, 0.15) is 0 Å². The number of para-hydroxylation sites is 3. The molecule has 0 N–H and O–H groups in total. The lowest BCUT2D eigenvalue weighted by atomic mass is 9.89. The van der Waals surface area contributed by atoms with Crippen molar-refractivity contribution in [2.45, 2.75) is 26.6 Å². The maximum atomic E-state index is 2.47. The van der Waals surface area contributed by atoms with Gasteiger partial charge in [0.15, 0.2) is 0 Å². The SMILES string of the molecule is CCn1c2ccccc2c2cc(-c3ccc(-c4ccc5c(c4)c4ccccc4n5Cc4ccccc4)cc3-c3ccc4c(c3)c3ccccc3n4Cc3ccccc3)ccc21. The second kappa shape index (κ2) is 14.3. The minimum atomic E-state index is 0.820. The second-order valence-corrected chi connectivity index (χ2v) is 16.4. The van der Waals surface area contributed by atoms with Crippen LogP contribution in [0.1, 0.15) is 18.1 Å². The lowest BCUT2D eigenvalue weighted by Gasteiger charge is -2.15. The van der Waals surface area contributed by atoms with Gasteiger partial charge in [-0.15, -0.1) is 0 Å². The predicted molar refractivity (Wildman–Crippen MR) is 259 cm³/mol. The van der Waals surface area contributed by atoms with Crippen LogP contribution in [0.5, 0.6) is 0 Å². The van der Waals surface area contributed by atoms with Crippen LogP contribution in [0, 0.1) is 0 Å². The first-order chi connectivity index (χ1) is 30.2. The molecule has 0 saturated heterocycles. The summed E-state index contributed by atoms with van der Waals surface area (Å²) < 4.78 is 7.38. The van der Waals surface area contributed by atoms with E-state index in [0.717, 1.165) is 19.6 Å². The van der Waals surface area contributed by atoms with E-state index in [1.165, 1.54) is 110 Å². The third-order valence-electron chi connectivity index (χ3n) is 13.0. The first-order valence-electron chi connectivity index (χ1n) is 21.5. The number of aromatic nitrogens is 3. The molecule has 3 aromatic heterocycles. The normalized spacial score (nSPS) is 11.9. The van der Waals surface area contributed by atoms with Crippen LogP contribution in [-0.2, 0) is 19.6 Å². The van der Waals surface area contributed by atoms with Crippen molar-refractivity contribution in [2.75, 3.05) is 0 Å². The summed E-state index contributed by atoms with van der Waals surface area (Å²) in [5.41, 5.74) is 17.5. The fourth-order valence-electron chi connectivity index (χ4n) is 10.1. The molecule has 12 rings (SSSR count). The molecule has 0 spiro atoms. The van der Waals surface area contributed by atoms with Gasteiger partial charge in [0.25, 0.3) is 0 Å². The minimum Gasteiger partial charge on any atom is -0.341 e. The average molecular weight is 782 g/mol. The van der Waals surface area contributed by atoms with Gasteiger partial charge >= 0.3 is 0 Å². The minimum absolute atomic E-state index is 0.820. The predicted octanol–water partition coefficient (Wildman–Crippen LogP) is 15.1.